The van der Waals surface area contributed by atoms with Gasteiger partial charge in [-0.1, -0.05) is 5.16 Å². The molecule has 0 saturated heterocycles. The minimum atomic E-state index is -0.535. The zero-order chi connectivity index (χ0) is 15.4. The molecule has 0 unspecified atom stereocenters. The lowest BCUT2D eigenvalue weighted by molar-refractivity contribution is -0.387. The molecule has 0 spiro atoms. The van der Waals surface area contributed by atoms with Gasteiger partial charge in [0.15, 0.2) is 11.0 Å². The van der Waals surface area contributed by atoms with E-state index in [1.807, 2.05) is 6.92 Å². The predicted octanol–water partition coefficient (Wildman–Crippen LogP) is 1.94. The van der Waals surface area contributed by atoms with Crippen LogP contribution in [0.3, 0.4) is 0 Å². The van der Waals surface area contributed by atoms with Gasteiger partial charge in [-0.25, -0.2) is 9.97 Å². The van der Waals surface area contributed by atoms with Gasteiger partial charge >= 0.3 is 0 Å². The van der Waals surface area contributed by atoms with Crippen LogP contribution >= 0.6 is 11.8 Å². The Morgan fingerprint density at radius 1 is 1.48 bits per heavy atom. The maximum Gasteiger partial charge on any atom is 0.284 e. The van der Waals surface area contributed by atoms with Crippen molar-refractivity contribution in [2.45, 2.75) is 17.0 Å². The van der Waals surface area contributed by atoms with Crippen molar-refractivity contribution in [2.75, 3.05) is 0 Å². The summed E-state index contributed by atoms with van der Waals surface area (Å²) in [6.07, 6.45) is 1.58. The van der Waals surface area contributed by atoms with Gasteiger partial charge in [0.1, 0.15) is 0 Å². The summed E-state index contributed by atoms with van der Waals surface area (Å²) >= 11 is 1.08. The standard InChI is InChI=1S/C12H11N5O3S/c1-7-4-5-14-12(15-7)21-10-3-2-8(11(13)16-18)6-9(10)17(19)20/h2-6,18H,1H3,(H2,13,16). The Balaban J connectivity index is 2.41. The van der Waals surface area contributed by atoms with Crippen LogP contribution in [0.1, 0.15) is 11.3 Å². The van der Waals surface area contributed by atoms with Crippen LogP contribution in [0.4, 0.5) is 5.69 Å². The molecule has 108 valence electrons. The second-order valence-corrected chi connectivity index (χ2v) is 5.02. The Kier molecular flexibility index (Phi) is 4.33. The van der Waals surface area contributed by atoms with E-state index in [2.05, 4.69) is 15.1 Å². The molecule has 0 aliphatic carbocycles. The van der Waals surface area contributed by atoms with Crippen LogP contribution in [0.5, 0.6) is 0 Å². The van der Waals surface area contributed by atoms with Crippen LogP contribution in [0, 0.1) is 17.0 Å². The third-order valence-electron chi connectivity index (χ3n) is 2.53. The van der Waals surface area contributed by atoms with E-state index in [0.29, 0.717) is 10.1 Å². The molecule has 1 heterocycles. The van der Waals surface area contributed by atoms with Gasteiger partial charge in [-0.2, -0.15) is 0 Å². The first-order chi connectivity index (χ1) is 10.0. The minimum Gasteiger partial charge on any atom is -0.409 e. The number of aryl methyl sites for hydroxylation is 1. The summed E-state index contributed by atoms with van der Waals surface area (Å²) in [5.41, 5.74) is 6.30. The maximum atomic E-state index is 11.2. The van der Waals surface area contributed by atoms with E-state index in [1.54, 1.807) is 12.3 Å². The van der Waals surface area contributed by atoms with Crippen molar-refractivity contribution in [1.29, 1.82) is 0 Å². The van der Waals surface area contributed by atoms with Crippen LogP contribution in [0.15, 0.2) is 45.7 Å². The molecule has 21 heavy (non-hydrogen) atoms. The third-order valence-corrected chi connectivity index (χ3v) is 3.48. The lowest BCUT2D eigenvalue weighted by Crippen LogP contribution is -2.13. The predicted molar refractivity (Wildman–Crippen MR) is 76.5 cm³/mol. The summed E-state index contributed by atoms with van der Waals surface area (Å²) in [7, 11) is 0. The van der Waals surface area contributed by atoms with Gasteiger partial charge < -0.3 is 10.9 Å². The van der Waals surface area contributed by atoms with Gasteiger partial charge in [-0.3, -0.25) is 10.1 Å². The topological polar surface area (TPSA) is 128 Å². The first-order valence-electron chi connectivity index (χ1n) is 5.75. The molecule has 0 aliphatic rings. The Morgan fingerprint density at radius 2 is 2.24 bits per heavy atom. The molecule has 9 heteroatoms. The third kappa shape index (κ3) is 3.45. The average molecular weight is 305 g/mol. The van der Waals surface area contributed by atoms with Crippen molar-refractivity contribution in [3.63, 3.8) is 0 Å². The molecule has 0 aliphatic heterocycles. The average Bonchev–Trinajstić information content (AvgIpc) is 2.46. The second-order valence-electron chi connectivity index (χ2n) is 4.01. The van der Waals surface area contributed by atoms with Crippen molar-refractivity contribution in [1.82, 2.24) is 9.97 Å². The molecule has 0 radical (unpaired) electrons. The molecule has 0 saturated carbocycles. The van der Waals surface area contributed by atoms with E-state index >= 15 is 0 Å². The summed E-state index contributed by atoms with van der Waals surface area (Å²) in [6, 6.07) is 6.02. The van der Waals surface area contributed by atoms with Crippen molar-refractivity contribution >= 4 is 23.3 Å². The maximum absolute atomic E-state index is 11.2. The van der Waals surface area contributed by atoms with E-state index in [0.717, 1.165) is 17.5 Å². The molecule has 0 fully saturated rings. The largest absolute Gasteiger partial charge is 0.409 e. The fourth-order valence-corrected chi connectivity index (χ4v) is 2.41. The lowest BCUT2D eigenvalue weighted by atomic mass is 10.2. The summed E-state index contributed by atoms with van der Waals surface area (Å²) in [6.45, 7) is 1.81. The number of benzene rings is 1. The molecule has 2 aromatic rings. The Hall–Kier alpha value is -2.68. The highest BCUT2D eigenvalue weighted by Gasteiger charge is 2.18. The van der Waals surface area contributed by atoms with E-state index in [9.17, 15) is 10.1 Å². The molecule has 0 amide bonds. The monoisotopic (exact) mass is 305 g/mol. The molecule has 1 aromatic carbocycles. The molecule has 0 atom stereocenters. The highest BCUT2D eigenvalue weighted by molar-refractivity contribution is 7.99. The summed E-state index contributed by atoms with van der Waals surface area (Å²) in [4.78, 5) is 19.2. The number of nitro benzene ring substituents is 1. The highest BCUT2D eigenvalue weighted by Crippen LogP contribution is 2.33. The Bertz CT molecular complexity index is 720. The summed E-state index contributed by atoms with van der Waals surface area (Å²) in [5.74, 6) is -0.193. The number of amidine groups is 1. The van der Waals surface area contributed by atoms with E-state index in [4.69, 9.17) is 10.9 Å². The molecule has 0 bridgehead atoms. The number of nitrogens with zero attached hydrogens (tertiary/aromatic N) is 4. The molecule has 8 nitrogen and oxygen atoms in total. The molecular formula is C12H11N5O3S. The molecule has 3 N–H and O–H groups in total. The van der Waals surface area contributed by atoms with Crippen LogP contribution in [0.2, 0.25) is 0 Å². The number of oxime groups is 1. The first-order valence-corrected chi connectivity index (χ1v) is 6.56. The lowest BCUT2D eigenvalue weighted by Gasteiger charge is -2.04. The fraction of sp³-hybridized carbons (Fsp3) is 0.0833. The number of rotatable bonds is 4. The number of nitrogens with two attached hydrogens (primary N) is 1. The van der Waals surface area contributed by atoms with Crippen molar-refractivity contribution in [2.24, 2.45) is 10.9 Å². The fourth-order valence-electron chi connectivity index (χ4n) is 1.54. The van der Waals surface area contributed by atoms with Gasteiger partial charge in [-0.15, -0.1) is 0 Å². The van der Waals surface area contributed by atoms with E-state index < -0.39 is 4.92 Å². The molecular weight excluding hydrogens is 294 g/mol. The zero-order valence-corrected chi connectivity index (χ0v) is 11.7. The van der Waals surface area contributed by atoms with Crippen molar-refractivity contribution < 1.29 is 10.1 Å². The SMILES string of the molecule is Cc1ccnc(Sc2ccc(C(N)=NO)cc2[N+](=O)[O-])n1. The number of hydrogen-bond acceptors (Lipinski definition) is 7. The number of hydrogen-bond donors (Lipinski definition) is 2. The van der Waals surface area contributed by atoms with Crippen molar-refractivity contribution in [3.05, 3.63) is 51.8 Å². The highest BCUT2D eigenvalue weighted by atomic mass is 32.2. The van der Waals surface area contributed by atoms with Crippen LogP contribution in [-0.4, -0.2) is 25.9 Å². The minimum absolute atomic E-state index is 0.158. The quantitative estimate of drug-likeness (QED) is 0.220. The normalized spacial score (nSPS) is 11.4. The summed E-state index contributed by atoms with van der Waals surface area (Å²) in [5, 5.41) is 23.0. The van der Waals surface area contributed by atoms with Crippen LogP contribution < -0.4 is 5.73 Å². The zero-order valence-electron chi connectivity index (χ0n) is 10.9. The van der Waals surface area contributed by atoms with Gasteiger partial charge in [0, 0.05) is 23.5 Å². The van der Waals surface area contributed by atoms with Crippen LogP contribution in [-0.2, 0) is 0 Å². The van der Waals surface area contributed by atoms with Gasteiger partial charge in [-0.05, 0) is 36.9 Å². The second kappa shape index (κ2) is 6.18. The van der Waals surface area contributed by atoms with E-state index in [-0.39, 0.29) is 17.1 Å². The van der Waals surface area contributed by atoms with Crippen molar-refractivity contribution in [3.8, 4) is 0 Å². The van der Waals surface area contributed by atoms with E-state index in [1.165, 1.54) is 18.2 Å². The number of aromatic nitrogens is 2. The van der Waals surface area contributed by atoms with Gasteiger partial charge in [0.2, 0.25) is 0 Å². The smallest absolute Gasteiger partial charge is 0.284 e. The Morgan fingerprint density at radius 3 is 2.86 bits per heavy atom. The first kappa shape index (κ1) is 14.7. The van der Waals surface area contributed by atoms with Gasteiger partial charge in [0.05, 0.1) is 9.82 Å². The van der Waals surface area contributed by atoms with Gasteiger partial charge in [0.25, 0.3) is 5.69 Å². The summed E-state index contributed by atoms with van der Waals surface area (Å²) < 4.78 is 0. The number of nitro groups is 1. The Labute approximate surface area is 123 Å². The molecule has 2 rings (SSSR count). The van der Waals surface area contributed by atoms with Crippen LogP contribution in [0.25, 0.3) is 0 Å². The molecule has 1 aromatic heterocycles.